The summed E-state index contributed by atoms with van der Waals surface area (Å²) in [4.78, 5) is 10.6. The molecular weight excluding hydrogens is 264 g/mol. The van der Waals surface area contributed by atoms with Gasteiger partial charge in [-0.1, -0.05) is 42.1 Å². The first kappa shape index (κ1) is 13.4. The monoisotopic (exact) mass is 278 g/mol. The molecule has 2 aromatic rings. The van der Waals surface area contributed by atoms with E-state index in [0.29, 0.717) is 5.16 Å². The second-order valence-electron chi connectivity index (χ2n) is 3.98. The Bertz CT molecular complexity index is 570. The number of thioether (sulfide) groups is 1. The SMILES string of the molecule is CC(c1ccccc1)n1c(N)nnc1SCC(=O)O. The summed E-state index contributed by atoms with van der Waals surface area (Å²) in [6, 6.07) is 9.73. The smallest absolute Gasteiger partial charge is 0.313 e. The van der Waals surface area contributed by atoms with Crippen LogP contribution in [-0.2, 0) is 4.79 Å². The number of nitrogens with zero attached hydrogens (tertiary/aromatic N) is 3. The van der Waals surface area contributed by atoms with Gasteiger partial charge in [0.25, 0.3) is 0 Å². The highest BCUT2D eigenvalue weighted by Crippen LogP contribution is 2.26. The Hall–Kier alpha value is -2.02. The van der Waals surface area contributed by atoms with E-state index in [2.05, 4.69) is 10.2 Å². The van der Waals surface area contributed by atoms with Crippen molar-refractivity contribution < 1.29 is 9.90 Å². The maximum absolute atomic E-state index is 10.6. The van der Waals surface area contributed by atoms with Crippen LogP contribution in [0, 0.1) is 0 Å². The van der Waals surface area contributed by atoms with Crippen LogP contribution in [0.5, 0.6) is 0 Å². The molecule has 1 heterocycles. The lowest BCUT2D eigenvalue weighted by Crippen LogP contribution is -2.12. The van der Waals surface area contributed by atoms with Gasteiger partial charge in [-0.05, 0) is 12.5 Å². The number of anilines is 1. The summed E-state index contributed by atoms with van der Waals surface area (Å²) >= 11 is 1.11. The molecule has 0 fully saturated rings. The number of nitrogens with two attached hydrogens (primary N) is 1. The highest BCUT2D eigenvalue weighted by Gasteiger charge is 2.18. The normalized spacial score (nSPS) is 12.3. The maximum atomic E-state index is 10.6. The van der Waals surface area contributed by atoms with Crippen LogP contribution in [-0.4, -0.2) is 31.6 Å². The molecule has 100 valence electrons. The average molecular weight is 278 g/mol. The van der Waals surface area contributed by atoms with Crippen molar-refractivity contribution in [2.45, 2.75) is 18.1 Å². The number of hydrogen-bond donors (Lipinski definition) is 2. The van der Waals surface area contributed by atoms with Gasteiger partial charge in [0.15, 0.2) is 5.16 Å². The first-order valence-electron chi connectivity index (χ1n) is 5.69. The number of carboxylic acid groups (broad SMARTS) is 1. The molecule has 2 rings (SSSR count). The van der Waals surface area contributed by atoms with Gasteiger partial charge in [-0.25, -0.2) is 0 Å². The van der Waals surface area contributed by atoms with Crippen LogP contribution in [0.1, 0.15) is 18.5 Å². The lowest BCUT2D eigenvalue weighted by Gasteiger charge is -2.16. The standard InChI is InChI=1S/C12H14N4O2S/c1-8(9-5-3-2-4-6-9)16-11(13)14-15-12(16)19-7-10(17)18/h2-6,8H,7H2,1H3,(H2,13,14)(H,17,18). The van der Waals surface area contributed by atoms with Gasteiger partial charge in [0.1, 0.15) is 0 Å². The fourth-order valence-electron chi connectivity index (χ4n) is 1.76. The maximum Gasteiger partial charge on any atom is 0.313 e. The molecule has 1 aromatic carbocycles. The van der Waals surface area contributed by atoms with E-state index in [-0.39, 0.29) is 17.7 Å². The fourth-order valence-corrected chi connectivity index (χ4v) is 2.50. The van der Waals surface area contributed by atoms with Gasteiger partial charge in [-0.15, -0.1) is 10.2 Å². The molecule has 0 radical (unpaired) electrons. The number of rotatable bonds is 5. The highest BCUT2D eigenvalue weighted by molar-refractivity contribution is 7.99. The van der Waals surface area contributed by atoms with Crippen molar-refractivity contribution in [2.75, 3.05) is 11.5 Å². The van der Waals surface area contributed by atoms with Crippen molar-refractivity contribution in [1.82, 2.24) is 14.8 Å². The minimum atomic E-state index is -0.898. The van der Waals surface area contributed by atoms with E-state index >= 15 is 0 Å². The molecule has 0 aliphatic heterocycles. The molecule has 7 heteroatoms. The summed E-state index contributed by atoms with van der Waals surface area (Å²) in [5.74, 6) is -0.686. The summed E-state index contributed by atoms with van der Waals surface area (Å²) in [6.45, 7) is 1.97. The van der Waals surface area contributed by atoms with Gasteiger partial charge < -0.3 is 10.8 Å². The molecule has 0 amide bonds. The van der Waals surface area contributed by atoms with Gasteiger partial charge in [0, 0.05) is 0 Å². The van der Waals surface area contributed by atoms with Crippen LogP contribution >= 0.6 is 11.8 Å². The Kier molecular flexibility index (Phi) is 4.06. The third-order valence-corrected chi connectivity index (χ3v) is 3.61. The van der Waals surface area contributed by atoms with E-state index in [1.807, 2.05) is 37.3 Å². The van der Waals surface area contributed by atoms with Crippen LogP contribution in [0.3, 0.4) is 0 Å². The number of aliphatic carboxylic acids is 1. The van der Waals surface area contributed by atoms with E-state index < -0.39 is 5.97 Å². The van der Waals surface area contributed by atoms with Gasteiger partial charge in [-0.2, -0.15) is 0 Å². The van der Waals surface area contributed by atoms with Crippen molar-refractivity contribution in [3.05, 3.63) is 35.9 Å². The Labute approximate surface area is 114 Å². The Balaban J connectivity index is 2.28. The summed E-state index contributed by atoms with van der Waals surface area (Å²) in [5.41, 5.74) is 6.88. The van der Waals surface area contributed by atoms with Crippen LogP contribution in [0.2, 0.25) is 0 Å². The molecule has 0 aliphatic carbocycles. The zero-order valence-corrected chi connectivity index (χ0v) is 11.2. The van der Waals surface area contributed by atoms with Crippen molar-refractivity contribution in [2.24, 2.45) is 0 Å². The summed E-state index contributed by atoms with van der Waals surface area (Å²) in [5, 5.41) is 17.0. The molecule has 6 nitrogen and oxygen atoms in total. The second kappa shape index (κ2) is 5.75. The van der Waals surface area contributed by atoms with Crippen molar-refractivity contribution >= 4 is 23.7 Å². The predicted molar refractivity (Wildman–Crippen MR) is 73.0 cm³/mol. The summed E-state index contributed by atoms with van der Waals surface area (Å²) in [6.07, 6.45) is 0. The molecule has 0 saturated carbocycles. The zero-order chi connectivity index (χ0) is 13.8. The molecule has 0 spiro atoms. The first-order chi connectivity index (χ1) is 9.09. The van der Waals surface area contributed by atoms with Crippen molar-refractivity contribution in [3.63, 3.8) is 0 Å². The molecule has 1 atom stereocenters. The third kappa shape index (κ3) is 3.05. The van der Waals surface area contributed by atoms with Crippen LogP contribution in [0.25, 0.3) is 0 Å². The lowest BCUT2D eigenvalue weighted by molar-refractivity contribution is -0.133. The summed E-state index contributed by atoms with van der Waals surface area (Å²) in [7, 11) is 0. The average Bonchev–Trinajstić information content (AvgIpc) is 2.78. The largest absolute Gasteiger partial charge is 0.481 e. The Morgan fingerprint density at radius 3 is 2.74 bits per heavy atom. The van der Waals surface area contributed by atoms with Gasteiger partial charge in [0.2, 0.25) is 5.95 Å². The van der Waals surface area contributed by atoms with E-state index in [1.54, 1.807) is 4.57 Å². The summed E-state index contributed by atoms with van der Waals surface area (Å²) < 4.78 is 1.74. The topological polar surface area (TPSA) is 94.0 Å². The van der Waals surface area contributed by atoms with Crippen LogP contribution < -0.4 is 5.73 Å². The second-order valence-corrected chi connectivity index (χ2v) is 4.92. The number of hydrogen-bond acceptors (Lipinski definition) is 5. The molecule has 0 bridgehead atoms. The minimum absolute atomic E-state index is 0.0486. The lowest BCUT2D eigenvalue weighted by atomic mass is 10.1. The molecule has 0 aliphatic rings. The molecule has 0 saturated heterocycles. The van der Waals surface area contributed by atoms with Gasteiger partial charge >= 0.3 is 5.97 Å². The van der Waals surface area contributed by atoms with E-state index in [9.17, 15) is 4.79 Å². The molecular formula is C12H14N4O2S. The molecule has 3 N–H and O–H groups in total. The van der Waals surface area contributed by atoms with Crippen LogP contribution in [0.15, 0.2) is 35.5 Å². The molecule has 1 unspecified atom stereocenters. The zero-order valence-electron chi connectivity index (χ0n) is 10.4. The fraction of sp³-hybridized carbons (Fsp3) is 0.250. The minimum Gasteiger partial charge on any atom is -0.481 e. The number of nitrogen functional groups attached to an aromatic ring is 1. The van der Waals surface area contributed by atoms with E-state index in [1.165, 1.54) is 0 Å². The van der Waals surface area contributed by atoms with Crippen molar-refractivity contribution in [3.8, 4) is 0 Å². The number of carboxylic acids is 1. The predicted octanol–water partition coefficient (Wildman–Crippen LogP) is 1.65. The van der Waals surface area contributed by atoms with Crippen molar-refractivity contribution in [1.29, 1.82) is 0 Å². The van der Waals surface area contributed by atoms with E-state index in [0.717, 1.165) is 17.3 Å². The number of benzene rings is 1. The quantitative estimate of drug-likeness (QED) is 0.808. The first-order valence-corrected chi connectivity index (χ1v) is 6.68. The van der Waals surface area contributed by atoms with Gasteiger partial charge in [0.05, 0.1) is 11.8 Å². The van der Waals surface area contributed by atoms with E-state index in [4.69, 9.17) is 10.8 Å². The Morgan fingerprint density at radius 1 is 1.42 bits per heavy atom. The van der Waals surface area contributed by atoms with Gasteiger partial charge in [-0.3, -0.25) is 9.36 Å². The van der Waals surface area contributed by atoms with Crippen LogP contribution in [0.4, 0.5) is 5.95 Å². The molecule has 19 heavy (non-hydrogen) atoms. The number of carbonyl (C=O) groups is 1. The highest BCUT2D eigenvalue weighted by atomic mass is 32.2. The molecule has 1 aromatic heterocycles. The Morgan fingerprint density at radius 2 is 2.11 bits per heavy atom. The number of aromatic nitrogens is 3. The third-order valence-electron chi connectivity index (χ3n) is 2.68.